The number of halogens is 6. The Labute approximate surface area is 136 Å². The Bertz CT molecular complexity index is 398. The highest BCUT2D eigenvalue weighted by Crippen LogP contribution is 2.23. The van der Waals surface area contributed by atoms with E-state index in [4.69, 9.17) is 66.5 Å². The first kappa shape index (κ1) is 16.9. The van der Waals surface area contributed by atoms with Gasteiger partial charge in [-0.15, -0.1) is 66.5 Å². The van der Waals surface area contributed by atoms with Crippen molar-refractivity contribution in [2.75, 3.05) is 0 Å². The lowest BCUT2D eigenvalue weighted by atomic mass is 10.1. The highest BCUT2D eigenvalue weighted by molar-refractivity contribution is 7.67. The van der Waals surface area contributed by atoms with Crippen molar-refractivity contribution >= 4 is 90.6 Å². The van der Waals surface area contributed by atoms with Gasteiger partial charge in [-0.05, 0) is 11.1 Å². The van der Waals surface area contributed by atoms with E-state index in [1.807, 2.05) is 24.3 Å². The first-order chi connectivity index (χ1) is 8.16. The molecule has 0 nitrogen and oxygen atoms in total. The van der Waals surface area contributed by atoms with Crippen LogP contribution in [0.3, 0.4) is 0 Å². The Kier molecular flexibility index (Phi) is 6.63. The molecule has 0 saturated carbocycles. The van der Waals surface area contributed by atoms with Crippen LogP contribution in [0.25, 0.3) is 12.2 Å². The summed E-state index contributed by atoms with van der Waals surface area (Å²) in [5.74, 6) is 0. The van der Waals surface area contributed by atoms with Gasteiger partial charge in [0.15, 0.2) is 0 Å². The summed E-state index contributed by atoms with van der Waals surface area (Å²) in [7, 11) is 0. The van der Waals surface area contributed by atoms with Crippen LogP contribution < -0.4 is 0 Å². The second-order valence-corrected chi connectivity index (χ2v) is 20.5. The highest BCUT2D eigenvalue weighted by Gasteiger charge is 2.20. The first-order valence-corrected chi connectivity index (χ1v) is 15.0. The third-order valence-electron chi connectivity index (χ3n) is 1.87. The molecular formula is C10H8Cl6Si2. The summed E-state index contributed by atoms with van der Waals surface area (Å²) in [5, 5.41) is 0. The molecule has 0 unspecified atom stereocenters. The van der Waals surface area contributed by atoms with E-state index in [9.17, 15) is 0 Å². The molecule has 0 heterocycles. The van der Waals surface area contributed by atoms with E-state index >= 15 is 0 Å². The third kappa shape index (κ3) is 8.13. The normalized spacial score (nSPS) is 13.7. The van der Waals surface area contributed by atoms with Gasteiger partial charge in [-0.2, -0.15) is 0 Å². The van der Waals surface area contributed by atoms with Gasteiger partial charge in [0.05, 0.1) is 0 Å². The van der Waals surface area contributed by atoms with E-state index < -0.39 is 12.0 Å². The predicted octanol–water partition coefficient (Wildman–Crippen LogP) is 6.10. The van der Waals surface area contributed by atoms with Crippen molar-refractivity contribution in [3.8, 4) is 0 Å². The van der Waals surface area contributed by atoms with Crippen molar-refractivity contribution < 1.29 is 0 Å². The molecular weight excluding hydrogens is 389 g/mol. The van der Waals surface area contributed by atoms with Crippen molar-refractivity contribution in [3.05, 3.63) is 46.8 Å². The zero-order valence-corrected chi connectivity index (χ0v) is 15.4. The van der Waals surface area contributed by atoms with Gasteiger partial charge in [0.1, 0.15) is 0 Å². The lowest BCUT2D eigenvalue weighted by Gasteiger charge is -2.01. The highest BCUT2D eigenvalue weighted by atomic mass is 35.8. The fourth-order valence-electron chi connectivity index (χ4n) is 1.10. The molecule has 0 spiro atoms. The minimum Gasteiger partial charge on any atom is -0.121 e. The van der Waals surface area contributed by atoms with E-state index in [2.05, 4.69) is 0 Å². The maximum atomic E-state index is 5.75. The monoisotopic (exact) mass is 394 g/mol. The van der Waals surface area contributed by atoms with Gasteiger partial charge in [0, 0.05) is 0 Å². The molecule has 1 aromatic rings. The van der Waals surface area contributed by atoms with Crippen LogP contribution in [0, 0.1) is 0 Å². The maximum Gasteiger partial charge on any atom is 0.365 e. The van der Waals surface area contributed by atoms with Crippen molar-refractivity contribution in [2.24, 2.45) is 0 Å². The van der Waals surface area contributed by atoms with E-state index in [0.717, 1.165) is 11.1 Å². The van der Waals surface area contributed by atoms with Crippen molar-refractivity contribution in [1.29, 1.82) is 0 Å². The number of hydrogen-bond donors (Lipinski definition) is 0. The number of hydrogen-bond acceptors (Lipinski definition) is 0. The molecule has 0 saturated heterocycles. The topological polar surface area (TPSA) is 0 Å². The van der Waals surface area contributed by atoms with Crippen molar-refractivity contribution in [1.82, 2.24) is 0 Å². The smallest absolute Gasteiger partial charge is 0.121 e. The molecule has 18 heavy (non-hydrogen) atoms. The van der Waals surface area contributed by atoms with Crippen LogP contribution in [-0.4, -0.2) is 12.0 Å². The summed E-state index contributed by atoms with van der Waals surface area (Å²) in [6.07, 6.45) is 3.58. The van der Waals surface area contributed by atoms with Crippen LogP contribution in [0.5, 0.6) is 0 Å². The van der Waals surface area contributed by atoms with Crippen molar-refractivity contribution in [2.45, 2.75) is 0 Å². The molecule has 0 radical (unpaired) electrons. The summed E-state index contributed by atoms with van der Waals surface area (Å²) in [4.78, 5) is 0. The largest absolute Gasteiger partial charge is 0.365 e. The lowest BCUT2D eigenvalue weighted by Crippen LogP contribution is -2.03. The van der Waals surface area contributed by atoms with Gasteiger partial charge in [0.25, 0.3) is 0 Å². The average Bonchev–Trinajstić information content (AvgIpc) is 2.23. The molecule has 0 aliphatic carbocycles. The molecule has 0 amide bonds. The van der Waals surface area contributed by atoms with Crippen LogP contribution in [0.1, 0.15) is 11.1 Å². The fourth-order valence-corrected chi connectivity index (χ4v) is 3.00. The standard InChI is InChI=1S/C10H8Cl6Si2/c11-17(12,13)7-5-9-1-2-10(4-3-9)6-8-18(14,15)16/h1-8H. The Hall–Kier alpha value is 0.874. The maximum absolute atomic E-state index is 5.75. The van der Waals surface area contributed by atoms with Crippen LogP contribution in [0.15, 0.2) is 35.7 Å². The summed E-state index contributed by atoms with van der Waals surface area (Å²) in [5.41, 5.74) is 5.15. The molecule has 0 N–H and O–H groups in total. The molecule has 1 rings (SSSR count). The minimum absolute atomic E-state index is 0.956. The third-order valence-corrected chi connectivity index (χ3v) is 5.22. The van der Waals surface area contributed by atoms with E-state index in [1.165, 1.54) is 0 Å². The van der Waals surface area contributed by atoms with E-state index in [1.54, 1.807) is 23.6 Å². The SMILES string of the molecule is Cl[Si](Cl)(Cl)C=Cc1ccc(C=C[Si](Cl)(Cl)Cl)cc1. The van der Waals surface area contributed by atoms with Gasteiger partial charge in [-0.3, -0.25) is 0 Å². The molecule has 0 aromatic heterocycles. The molecule has 1 aromatic carbocycles. The molecule has 98 valence electrons. The van der Waals surface area contributed by atoms with E-state index in [-0.39, 0.29) is 0 Å². The predicted molar refractivity (Wildman–Crippen MR) is 91.1 cm³/mol. The molecule has 0 aliphatic rings. The Morgan fingerprint density at radius 2 is 0.889 bits per heavy atom. The molecule has 8 heteroatoms. The zero-order chi connectivity index (χ0) is 13.8. The molecule has 0 atom stereocenters. The summed E-state index contributed by atoms with van der Waals surface area (Å²) >= 11 is 34.5. The second-order valence-electron chi connectivity index (χ2n) is 3.42. The van der Waals surface area contributed by atoms with Gasteiger partial charge in [-0.25, -0.2) is 0 Å². The average molecular weight is 397 g/mol. The number of benzene rings is 1. The fraction of sp³-hybridized carbons (Fsp3) is 0. The molecule has 0 bridgehead atoms. The summed E-state index contributed by atoms with van der Waals surface area (Å²) < 4.78 is 0. The Balaban J connectivity index is 2.75. The van der Waals surface area contributed by atoms with Gasteiger partial charge < -0.3 is 0 Å². The zero-order valence-electron chi connectivity index (χ0n) is 8.89. The van der Waals surface area contributed by atoms with Gasteiger partial charge in [0.2, 0.25) is 0 Å². The Morgan fingerprint density at radius 1 is 0.611 bits per heavy atom. The van der Waals surface area contributed by atoms with Crippen LogP contribution in [0.4, 0.5) is 0 Å². The summed E-state index contributed by atoms with van der Waals surface area (Å²) in [6, 6.07) is 2.18. The Morgan fingerprint density at radius 3 is 1.11 bits per heavy atom. The summed E-state index contributed by atoms with van der Waals surface area (Å²) in [6.45, 7) is 0. The lowest BCUT2D eigenvalue weighted by molar-refractivity contribution is 1.62. The second kappa shape index (κ2) is 7.05. The minimum atomic E-state index is -2.72. The van der Waals surface area contributed by atoms with Crippen LogP contribution in [0.2, 0.25) is 0 Å². The van der Waals surface area contributed by atoms with E-state index in [0.29, 0.717) is 0 Å². The van der Waals surface area contributed by atoms with Gasteiger partial charge in [-0.1, -0.05) is 47.8 Å². The molecule has 0 aliphatic heterocycles. The van der Waals surface area contributed by atoms with Crippen LogP contribution in [-0.2, 0) is 0 Å². The van der Waals surface area contributed by atoms with Gasteiger partial charge >= 0.3 is 12.0 Å². The van der Waals surface area contributed by atoms with Crippen molar-refractivity contribution in [3.63, 3.8) is 0 Å². The van der Waals surface area contributed by atoms with Crippen LogP contribution >= 0.6 is 66.5 Å². The number of rotatable bonds is 4. The quantitative estimate of drug-likeness (QED) is 0.426. The molecule has 0 fully saturated rings. The first-order valence-electron chi connectivity index (χ1n) is 4.78.